The number of hydrogen-bond donors (Lipinski definition) is 1. The summed E-state index contributed by atoms with van der Waals surface area (Å²) >= 11 is 0. The van der Waals surface area contributed by atoms with Crippen LogP contribution in [0.25, 0.3) is 0 Å². The molecule has 0 atom stereocenters. The second-order valence-electron chi connectivity index (χ2n) is 2.49. The van der Waals surface area contributed by atoms with Crippen LogP contribution < -0.4 is 0 Å². The van der Waals surface area contributed by atoms with Crippen molar-refractivity contribution < 1.29 is 5.11 Å². The Labute approximate surface area is 73.0 Å². The minimum absolute atomic E-state index is 0.155. The van der Waals surface area contributed by atoms with Crippen molar-refractivity contribution in [3.63, 3.8) is 0 Å². The molecule has 0 heterocycles. The molecular weight excluding hydrogens is 148 g/mol. The van der Waals surface area contributed by atoms with Crippen LogP contribution in [0.5, 0.6) is 0 Å². The van der Waals surface area contributed by atoms with Crippen LogP contribution in [-0.2, 0) is 6.42 Å². The van der Waals surface area contributed by atoms with Crippen molar-refractivity contribution in [1.29, 1.82) is 0 Å². The summed E-state index contributed by atoms with van der Waals surface area (Å²) in [6, 6.07) is 10.1. The first-order valence-electron chi connectivity index (χ1n) is 4.04. The molecule has 1 aromatic carbocycles. The molecule has 12 heavy (non-hydrogen) atoms. The van der Waals surface area contributed by atoms with Gasteiger partial charge < -0.3 is 5.11 Å². The van der Waals surface area contributed by atoms with Gasteiger partial charge in [0.15, 0.2) is 0 Å². The lowest BCUT2D eigenvalue weighted by atomic mass is 10.1. The van der Waals surface area contributed by atoms with E-state index in [0.29, 0.717) is 6.42 Å². The van der Waals surface area contributed by atoms with Gasteiger partial charge in [0.05, 0.1) is 6.61 Å². The zero-order valence-electron chi connectivity index (χ0n) is 6.96. The van der Waals surface area contributed by atoms with E-state index in [9.17, 15) is 0 Å². The highest BCUT2D eigenvalue weighted by Gasteiger charge is 1.84. The van der Waals surface area contributed by atoms with Crippen LogP contribution in [-0.4, -0.2) is 11.7 Å². The predicted octanol–water partition coefficient (Wildman–Crippen LogP) is 1.61. The van der Waals surface area contributed by atoms with Crippen molar-refractivity contribution in [2.75, 3.05) is 6.61 Å². The Hall–Kier alpha value is -1.26. The van der Waals surface area contributed by atoms with Crippen molar-refractivity contribution in [3.05, 3.63) is 35.9 Å². The fourth-order valence-corrected chi connectivity index (χ4v) is 0.905. The van der Waals surface area contributed by atoms with Crippen LogP contribution in [0.4, 0.5) is 0 Å². The van der Waals surface area contributed by atoms with Crippen LogP contribution in [0, 0.1) is 11.8 Å². The Balaban J connectivity index is 2.40. The third-order valence-electron chi connectivity index (χ3n) is 1.50. The summed E-state index contributed by atoms with van der Waals surface area (Å²) in [5.41, 5.74) is 1.22. The number of rotatable bonds is 2. The fourth-order valence-electron chi connectivity index (χ4n) is 0.905. The fraction of sp³-hybridized carbons (Fsp3) is 0.273. The average molecular weight is 160 g/mol. The minimum atomic E-state index is 0.155. The Morgan fingerprint density at radius 3 is 2.50 bits per heavy atom. The van der Waals surface area contributed by atoms with E-state index in [1.807, 2.05) is 30.3 Å². The molecule has 1 nitrogen and oxygen atoms in total. The molecule has 0 aliphatic heterocycles. The third-order valence-corrected chi connectivity index (χ3v) is 1.50. The molecule has 0 spiro atoms. The highest BCUT2D eigenvalue weighted by Crippen LogP contribution is 1.97. The molecule has 0 amide bonds. The quantitative estimate of drug-likeness (QED) is 0.652. The molecule has 0 aliphatic carbocycles. The lowest BCUT2D eigenvalue weighted by Crippen LogP contribution is -1.80. The van der Waals surface area contributed by atoms with E-state index in [1.165, 1.54) is 5.56 Å². The van der Waals surface area contributed by atoms with Gasteiger partial charge in [-0.2, -0.15) is 0 Å². The van der Waals surface area contributed by atoms with E-state index in [1.54, 1.807) is 0 Å². The van der Waals surface area contributed by atoms with Crippen LogP contribution in [0.2, 0.25) is 0 Å². The summed E-state index contributed by atoms with van der Waals surface area (Å²) in [6.45, 7) is 0.155. The lowest BCUT2D eigenvalue weighted by Gasteiger charge is -1.90. The molecule has 1 rings (SSSR count). The van der Waals surface area contributed by atoms with Gasteiger partial charge in [-0.3, -0.25) is 0 Å². The monoisotopic (exact) mass is 160 g/mol. The molecule has 0 radical (unpaired) electrons. The van der Waals surface area contributed by atoms with Crippen molar-refractivity contribution in [2.45, 2.75) is 12.8 Å². The van der Waals surface area contributed by atoms with Gasteiger partial charge >= 0.3 is 0 Å². The van der Waals surface area contributed by atoms with Gasteiger partial charge in [-0.1, -0.05) is 36.3 Å². The van der Waals surface area contributed by atoms with Gasteiger partial charge in [0.1, 0.15) is 0 Å². The molecule has 0 aliphatic rings. The minimum Gasteiger partial charge on any atom is -0.395 e. The molecule has 0 saturated carbocycles. The molecule has 1 N–H and O–H groups in total. The van der Waals surface area contributed by atoms with Crippen molar-refractivity contribution >= 4 is 0 Å². The maximum atomic E-state index is 8.46. The first kappa shape index (κ1) is 8.83. The standard InChI is InChI=1S/C11H12O/c12-10-6-2-5-9-11-7-3-1-4-8-11/h1,3-4,7-8,12H,6,9-10H2. The summed E-state index contributed by atoms with van der Waals surface area (Å²) in [5, 5.41) is 8.46. The zero-order valence-corrected chi connectivity index (χ0v) is 6.96. The van der Waals surface area contributed by atoms with E-state index in [0.717, 1.165) is 6.42 Å². The average Bonchev–Trinajstić information content (AvgIpc) is 2.14. The van der Waals surface area contributed by atoms with Crippen LogP contribution in [0.1, 0.15) is 12.0 Å². The maximum Gasteiger partial charge on any atom is 0.0540 e. The van der Waals surface area contributed by atoms with E-state index in [4.69, 9.17) is 5.11 Å². The topological polar surface area (TPSA) is 20.2 Å². The van der Waals surface area contributed by atoms with Crippen LogP contribution >= 0.6 is 0 Å². The number of hydrogen-bond acceptors (Lipinski definition) is 1. The lowest BCUT2D eigenvalue weighted by molar-refractivity contribution is 0.305. The van der Waals surface area contributed by atoms with Gasteiger partial charge in [0, 0.05) is 12.8 Å². The van der Waals surface area contributed by atoms with Crippen molar-refractivity contribution in [2.24, 2.45) is 0 Å². The molecule has 0 fully saturated rings. The molecule has 1 heteroatoms. The summed E-state index contributed by atoms with van der Waals surface area (Å²) in [6.07, 6.45) is 1.35. The highest BCUT2D eigenvalue weighted by molar-refractivity contribution is 5.20. The van der Waals surface area contributed by atoms with Gasteiger partial charge in [0.2, 0.25) is 0 Å². The van der Waals surface area contributed by atoms with E-state index < -0.39 is 0 Å². The van der Waals surface area contributed by atoms with E-state index in [2.05, 4.69) is 11.8 Å². The van der Waals surface area contributed by atoms with Gasteiger partial charge in [-0.05, 0) is 5.56 Å². The first-order valence-corrected chi connectivity index (χ1v) is 4.04. The summed E-state index contributed by atoms with van der Waals surface area (Å²) in [4.78, 5) is 0. The van der Waals surface area contributed by atoms with Gasteiger partial charge in [-0.25, -0.2) is 0 Å². The van der Waals surface area contributed by atoms with Crippen molar-refractivity contribution in [1.82, 2.24) is 0 Å². The molecular formula is C11H12O. The smallest absolute Gasteiger partial charge is 0.0540 e. The molecule has 62 valence electrons. The largest absolute Gasteiger partial charge is 0.395 e. The summed E-state index contributed by atoms with van der Waals surface area (Å²) < 4.78 is 0. The van der Waals surface area contributed by atoms with Gasteiger partial charge in [-0.15, -0.1) is 5.92 Å². The van der Waals surface area contributed by atoms with E-state index >= 15 is 0 Å². The second-order valence-corrected chi connectivity index (χ2v) is 2.49. The number of aliphatic hydroxyl groups is 1. The third kappa shape index (κ3) is 3.23. The Morgan fingerprint density at radius 2 is 1.83 bits per heavy atom. The molecule has 0 unspecified atom stereocenters. The Bertz CT molecular complexity index is 266. The normalized spacial score (nSPS) is 8.75. The molecule has 0 bridgehead atoms. The van der Waals surface area contributed by atoms with Crippen molar-refractivity contribution in [3.8, 4) is 11.8 Å². The molecule has 0 saturated heterocycles. The molecule has 1 aromatic rings. The molecule has 0 aromatic heterocycles. The first-order chi connectivity index (χ1) is 5.93. The predicted molar refractivity (Wildman–Crippen MR) is 49.6 cm³/mol. The Morgan fingerprint density at radius 1 is 1.08 bits per heavy atom. The number of aliphatic hydroxyl groups excluding tert-OH is 1. The highest BCUT2D eigenvalue weighted by atomic mass is 16.2. The maximum absolute atomic E-state index is 8.46. The number of benzene rings is 1. The zero-order chi connectivity index (χ0) is 8.65. The SMILES string of the molecule is OCCC#CCc1ccccc1. The van der Waals surface area contributed by atoms with Crippen LogP contribution in [0.3, 0.4) is 0 Å². The second kappa shape index (κ2) is 5.40. The van der Waals surface area contributed by atoms with Gasteiger partial charge in [0.25, 0.3) is 0 Å². The van der Waals surface area contributed by atoms with E-state index in [-0.39, 0.29) is 6.61 Å². The Kier molecular flexibility index (Phi) is 3.97. The summed E-state index contributed by atoms with van der Waals surface area (Å²) in [7, 11) is 0. The van der Waals surface area contributed by atoms with Crippen LogP contribution in [0.15, 0.2) is 30.3 Å². The summed E-state index contributed by atoms with van der Waals surface area (Å²) in [5.74, 6) is 5.88.